The largest absolute Gasteiger partial charge is 0.509 e. The summed E-state index contributed by atoms with van der Waals surface area (Å²) in [6.45, 7) is 3.86. The molecule has 2 N–H and O–H groups in total. The van der Waals surface area contributed by atoms with Crippen LogP contribution in [0.1, 0.15) is 42.1 Å². The number of benzene rings is 2. The lowest BCUT2D eigenvalue weighted by Gasteiger charge is -2.46. The number of aromatic nitrogens is 1. The number of amides is 2. The third-order valence-electron chi connectivity index (χ3n) is 9.39. The molecule has 9 nitrogen and oxygen atoms in total. The normalized spacial score (nSPS) is 19.9. The summed E-state index contributed by atoms with van der Waals surface area (Å²) in [6.07, 6.45) is -8.36. The number of ether oxygens (including phenoxy) is 1. The Morgan fingerprint density at radius 1 is 1.00 bits per heavy atom. The van der Waals surface area contributed by atoms with Gasteiger partial charge in [-0.15, -0.1) is 0 Å². The predicted octanol–water partition coefficient (Wildman–Crippen LogP) is 6.31. The van der Waals surface area contributed by atoms with Crippen molar-refractivity contribution in [3.63, 3.8) is 0 Å². The summed E-state index contributed by atoms with van der Waals surface area (Å²) in [5.74, 6) is -0.107. The molecule has 3 aliphatic rings. The van der Waals surface area contributed by atoms with Crippen molar-refractivity contribution in [3.8, 4) is 23.0 Å². The van der Waals surface area contributed by atoms with Crippen LogP contribution in [0.3, 0.4) is 0 Å². The van der Waals surface area contributed by atoms with E-state index in [2.05, 4.69) is 22.1 Å². The average Bonchev–Trinajstić information content (AvgIpc) is 3.52. The van der Waals surface area contributed by atoms with Crippen molar-refractivity contribution < 1.29 is 54.6 Å². The summed E-state index contributed by atoms with van der Waals surface area (Å²) in [4.78, 5) is 33.1. The maximum atomic E-state index is 15.5. The number of carbonyl (C=O) groups is 2. The van der Waals surface area contributed by atoms with Gasteiger partial charge in [-0.3, -0.25) is 24.5 Å². The zero-order valence-corrected chi connectivity index (χ0v) is 28.0. The highest BCUT2D eigenvalue weighted by atomic mass is 19.4. The highest BCUT2D eigenvalue weighted by Gasteiger charge is 2.53. The molecule has 3 aliphatic heterocycles. The van der Waals surface area contributed by atoms with Gasteiger partial charge in [-0.25, -0.2) is 13.8 Å². The molecule has 280 valence electrons. The maximum Gasteiger partial charge on any atom is 0.433 e. The Kier molecular flexibility index (Phi) is 10.2. The van der Waals surface area contributed by atoms with E-state index in [4.69, 9.17) is 4.74 Å². The van der Waals surface area contributed by atoms with Gasteiger partial charge in [0, 0.05) is 48.2 Å². The minimum Gasteiger partial charge on any atom is -0.509 e. The Morgan fingerprint density at radius 2 is 1.74 bits per heavy atom. The fourth-order valence-corrected chi connectivity index (χ4v) is 6.50. The zero-order chi connectivity index (χ0) is 38.3. The number of carbonyl (C=O) groups excluding carboxylic acids is 2. The molecule has 0 unspecified atom stereocenters. The number of aliphatic hydroxyl groups excluding tert-OH is 1. The Balaban J connectivity index is 1.30. The summed E-state index contributed by atoms with van der Waals surface area (Å²) in [6, 6.07) is 6.01. The quantitative estimate of drug-likeness (QED) is 0.173. The minimum atomic E-state index is -4.87. The molecule has 6 rings (SSSR count). The fourth-order valence-electron chi connectivity index (χ4n) is 6.50. The number of rotatable bonds is 6. The number of morpholine rings is 1. The molecule has 2 amide bonds. The third kappa shape index (κ3) is 7.57. The summed E-state index contributed by atoms with van der Waals surface area (Å²) in [5, 5.41) is 16.1. The van der Waals surface area contributed by atoms with Crippen molar-refractivity contribution in [2.24, 2.45) is 0 Å². The molecule has 3 aromatic rings. The van der Waals surface area contributed by atoms with Crippen molar-refractivity contribution in [2.45, 2.75) is 44.2 Å². The molecule has 4 heterocycles. The summed E-state index contributed by atoms with van der Waals surface area (Å²) < 4.78 is 116. The first kappa shape index (κ1) is 37.7. The first-order chi connectivity index (χ1) is 25.0. The molecule has 0 radical (unpaired) electrons. The number of halogens is 8. The summed E-state index contributed by atoms with van der Waals surface area (Å²) in [7, 11) is 0. The number of alkyl halides is 6. The Bertz CT molecular complexity index is 2020. The van der Waals surface area contributed by atoms with Crippen molar-refractivity contribution in [2.75, 3.05) is 44.7 Å². The van der Waals surface area contributed by atoms with Gasteiger partial charge in [-0.05, 0) is 50.1 Å². The first-order valence-corrected chi connectivity index (χ1v) is 16.3. The smallest absolute Gasteiger partial charge is 0.433 e. The highest BCUT2D eigenvalue weighted by Crippen LogP contribution is 2.43. The van der Waals surface area contributed by atoms with Crippen LogP contribution in [-0.4, -0.2) is 81.8 Å². The fraction of sp³-hybridized carbons (Fsp3) is 0.361. The predicted molar refractivity (Wildman–Crippen MR) is 173 cm³/mol. The number of hydrazine groups is 1. The monoisotopic (exact) mass is 749 g/mol. The molecule has 0 aliphatic carbocycles. The Hall–Kier alpha value is -5.05. The number of anilines is 1. The number of pyridine rings is 1. The Labute approximate surface area is 297 Å². The second kappa shape index (κ2) is 14.4. The topological polar surface area (TPSA) is 98.2 Å². The third-order valence-corrected chi connectivity index (χ3v) is 9.39. The van der Waals surface area contributed by atoms with E-state index >= 15 is 8.78 Å². The van der Waals surface area contributed by atoms with Crippen LogP contribution < -0.4 is 5.32 Å². The summed E-state index contributed by atoms with van der Waals surface area (Å²) >= 11 is 0. The van der Waals surface area contributed by atoms with Crippen LogP contribution >= 0.6 is 0 Å². The van der Waals surface area contributed by atoms with Crippen molar-refractivity contribution in [1.29, 1.82) is 0 Å². The van der Waals surface area contributed by atoms with E-state index in [0.717, 1.165) is 17.1 Å². The number of hydrogen-bond donors (Lipinski definition) is 2. The van der Waals surface area contributed by atoms with E-state index in [9.17, 15) is 41.0 Å². The van der Waals surface area contributed by atoms with Gasteiger partial charge in [0.15, 0.2) is 11.6 Å². The van der Waals surface area contributed by atoms with Crippen LogP contribution in [0.2, 0.25) is 0 Å². The van der Waals surface area contributed by atoms with E-state index in [1.807, 2.05) is 4.90 Å². The molecule has 2 saturated heterocycles. The van der Waals surface area contributed by atoms with Gasteiger partial charge < -0.3 is 15.2 Å². The summed E-state index contributed by atoms with van der Waals surface area (Å²) in [5.41, 5.74) is -6.09. The highest BCUT2D eigenvalue weighted by molar-refractivity contribution is 6.24. The van der Waals surface area contributed by atoms with E-state index in [0.29, 0.717) is 63.7 Å². The van der Waals surface area contributed by atoms with Gasteiger partial charge in [0.1, 0.15) is 17.0 Å². The van der Waals surface area contributed by atoms with E-state index in [1.165, 1.54) is 24.1 Å². The van der Waals surface area contributed by atoms with Gasteiger partial charge in [-0.1, -0.05) is 24.0 Å². The lowest BCUT2D eigenvalue weighted by Crippen LogP contribution is -2.60. The van der Waals surface area contributed by atoms with Gasteiger partial charge in [0.05, 0.1) is 43.0 Å². The molecule has 1 atom stereocenters. The second-order valence-corrected chi connectivity index (χ2v) is 12.8. The van der Waals surface area contributed by atoms with Gasteiger partial charge in [0.2, 0.25) is 0 Å². The maximum absolute atomic E-state index is 15.5. The number of nitrogens with one attached hydrogen (secondary N) is 1. The number of aliphatic hydroxyl groups is 1. The van der Waals surface area contributed by atoms with E-state index < -0.39 is 70.5 Å². The van der Waals surface area contributed by atoms with E-state index in [-0.39, 0.29) is 40.9 Å². The molecule has 2 aromatic carbocycles. The minimum absolute atomic E-state index is 0.195. The van der Waals surface area contributed by atoms with Crippen LogP contribution in [0.15, 0.2) is 60.0 Å². The van der Waals surface area contributed by atoms with Gasteiger partial charge in [-0.2, -0.15) is 26.3 Å². The lowest BCUT2D eigenvalue weighted by atomic mass is 9.90. The molecule has 1 aromatic heterocycles. The lowest BCUT2D eigenvalue weighted by molar-refractivity contribution is -0.160. The van der Waals surface area contributed by atoms with Gasteiger partial charge in [0.25, 0.3) is 11.8 Å². The SMILES string of the molecule is C[C@]12CCCN1N(Cc1ccc(C#CCN3CCOCC3)c(F)c1F)C(=O)C(C(=O)Nc1ccc(C(F)(F)F)cc1-c1ccc(C(F)(F)F)nc1)=C2O. The average molecular weight is 750 g/mol. The molecule has 0 saturated carbocycles. The standard InChI is InChI=1S/C36H31F8N5O4/c1-34-11-3-13-49(34)48(20-23-6-5-21(29(37)30(23)38)4-2-12-47-14-16-53-17-15-47)33(52)28(31(34)50)32(51)46-26-9-8-24(35(39,40)41)18-25(26)22-7-10-27(45-19-22)36(42,43)44/h5-10,18-19,50H,3,11-17,20H2,1H3,(H,46,51)/t34-/m1/s1. The van der Waals surface area contributed by atoms with Crippen LogP contribution in [0.25, 0.3) is 11.1 Å². The van der Waals surface area contributed by atoms with Gasteiger partial charge >= 0.3 is 12.4 Å². The van der Waals surface area contributed by atoms with Crippen molar-refractivity contribution >= 4 is 17.5 Å². The molecule has 2 fully saturated rings. The molecule has 53 heavy (non-hydrogen) atoms. The van der Waals surface area contributed by atoms with Crippen molar-refractivity contribution in [1.82, 2.24) is 19.9 Å². The Morgan fingerprint density at radius 3 is 2.40 bits per heavy atom. The van der Waals surface area contributed by atoms with E-state index in [1.54, 1.807) is 0 Å². The number of nitrogens with zero attached hydrogens (tertiary/aromatic N) is 4. The zero-order valence-electron chi connectivity index (χ0n) is 28.0. The van der Waals surface area contributed by atoms with Crippen molar-refractivity contribution in [3.05, 3.63) is 94.0 Å². The number of hydrogen-bond acceptors (Lipinski definition) is 7. The van der Waals surface area contributed by atoms with Crippen LogP contribution in [0.5, 0.6) is 0 Å². The molecule has 17 heteroatoms. The molecule has 0 bridgehead atoms. The second-order valence-electron chi connectivity index (χ2n) is 12.8. The molecule has 0 spiro atoms. The van der Waals surface area contributed by atoms with Crippen LogP contribution in [0.4, 0.5) is 40.8 Å². The molecular formula is C36H31F8N5O4. The number of fused-ring (bicyclic) bond motifs is 1. The molecular weight excluding hydrogens is 718 g/mol. The van der Waals surface area contributed by atoms with Crippen LogP contribution in [0, 0.1) is 23.5 Å². The van der Waals surface area contributed by atoms with Crippen LogP contribution in [-0.2, 0) is 33.2 Å². The first-order valence-electron chi connectivity index (χ1n) is 16.3.